The largest absolute Gasteiger partial charge is 0.351 e. The predicted molar refractivity (Wildman–Crippen MR) is 98.6 cm³/mol. The summed E-state index contributed by atoms with van der Waals surface area (Å²) in [5, 5.41) is 6.17. The summed E-state index contributed by atoms with van der Waals surface area (Å²) in [4.78, 5) is 28.5. The first-order valence-corrected chi connectivity index (χ1v) is 8.62. The van der Waals surface area contributed by atoms with Crippen LogP contribution in [-0.4, -0.2) is 23.3 Å². The molecule has 0 saturated carbocycles. The fourth-order valence-corrected chi connectivity index (χ4v) is 2.36. The van der Waals surface area contributed by atoms with Gasteiger partial charge in [0.25, 0.3) is 11.8 Å². The number of hydrogen-bond acceptors (Lipinski definition) is 3. The zero-order valence-corrected chi connectivity index (χ0v) is 15.1. The van der Waals surface area contributed by atoms with Crippen LogP contribution in [0, 0.1) is 5.92 Å². The fraction of sp³-hybridized carbons (Fsp3) is 0.316. The molecule has 0 unspecified atom stereocenters. The standard InChI is InChI=1S/C19H22ClN3O2/c1-13(2)10-11-21-18(24)16-8-5-9-17(23-16)19(25)22-12-14-6-3-4-7-15(14)20/h3-9,13H,10-12H2,1-2H3,(H,21,24)(H,22,25). The van der Waals surface area contributed by atoms with Gasteiger partial charge in [-0.05, 0) is 36.1 Å². The highest BCUT2D eigenvalue weighted by atomic mass is 35.5. The molecule has 6 heteroatoms. The van der Waals surface area contributed by atoms with E-state index in [2.05, 4.69) is 29.5 Å². The Hall–Kier alpha value is -2.40. The first kappa shape index (κ1) is 18.9. The molecule has 0 fully saturated rings. The molecule has 2 N–H and O–H groups in total. The maximum atomic E-state index is 12.3. The van der Waals surface area contributed by atoms with Gasteiger partial charge in [0.15, 0.2) is 0 Å². The number of aromatic nitrogens is 1. The number of carbonyl (C=O) groups is 2. The summed E-state index contributed by atoms with van der Waals surface area (Å²) in [5.41, 5.74) is 1.25. The van der Waals surface area contributed by atoms with E-state index in [0.717, 1.165) is 12.0 Å². The Kier molecular flexibility index (Phi) is 6.95. The van der Waals surface area contributed by atoms with Crippen molar-refractivity contribution in [1.29, 1.82) is 0 Å². The first-order chi connectivity index (χ1) is 12.0. The van der Waals surface area contributed by atoms with Crippen molar-refractivity contribution in [2.75, 3.05) is 6.54 Å². The second kappa shape index (κ2) is 9.18. The molecule has 0 atom stereocenters. The number of nitrogens with one attached hydrogen (secondary N) is 2. The van der Waals surface area contributed by atoms with Crippen LogP contribution in [0.5, 0.6) is 0 Å². The molecule has 5 nitrogen and oxygen atoms in total. The van der Waals surface area contributed by atoms with E-state index in [1.165, 1.54) is 0 Å². The van der Waals surface area contributed by atoms with Crippen LogP contribution in [0.2, 0.25) is 5.02 Å². The van der Waals surface area contributed by atoms with Gasteiger partial charge >= 0.3 is 0 Å². The first-order valence-electron chi connectivity index (χ1n) is 8.24. The van der Waals surface area contributed by atoms with Crippen molar-refractivity contribution in [3.63, 3.8) is 0 Å². The molecule has 0 aliphatic heterocycles. The quantitative estimate of drug-likeness (QED) is 0.795. The van der Waals surface area contributed by atoms with Crippen LogP contribution >= 0.6 is 11.6 Å². The SMILES string of the molecule is CC(C)CCNC(=O)c1cccc(C(=O)NCc2ccccc2Cl)n1. The molecule has 132 valence electrons. The molecule has 1 aromatic heterocycles. The number of hydrogen-bond donors (Lipinski definition) is 2. The maximum absolute atomic E-state index is 12.3. The van der Waals surface area contributed by atoms with Gasteiger partial charge < -0.3 is 10.6 Å². The molecule has 0 saturated heterocycles. The van der Waals surface area contributed by atoms with Gasteiger partial charge in [0.2, 0.25) is 0 Å². The Bertz CT molecular complexity index is 747. The van der Waals surface area contributed by atoms with E-state index in [1.54, 1.807) is 24.3 Å². The highest BCUT2D eigenvalue weighted by Gasteiger charge is 2.12. The molecule has 0 spiro atoms. The molecular weight excluding hydrogens is 338 g/mol. The number of rotatable bonds is 7. The summed E-state index contributed by atoms with van der Waals surface area (Å²) >= 11 is 6.07. The van der Waals surface area contributed by atoms with Gasteiger partial charge in [0.1, 0.15) is 11.4 Å². The minimum atomic E-state index is -0.350. The lowest BCUT2D eigenvalue weighted by atomic mass is 10.1. The number of nitrogens with zero attached hydrogens (tertiary/aromatic N) is 1. The van der Waals surface area contributed by atoms with Crippen LogP contribution < -0.4 is 10.6 Å². The Morgan fingerprint density at radius 3 is 2.28 bits per heavy atom. The molecule has 0 aliphatic carbocycles. The normalized spacial score (nSPS) is 10.6. The Morgan fingerprint density at radius 2 is 1.64 bits per heavy atom. The lowest BCUT2D eigenvalue weighted by Crippen LogP contribution is -2.28. The van der Waals surface area contributed by atoms with Crippen LogP contribution in [0.4, 0.5) is 0 Å². The predicted octanol–water partition coefficient (Wildman–Crippen LogP) is 3.44. The summed E-state index contributed by atoms with van der Waals surface area (Å²) in [7, 11) is 0. The number of halogens is 1. The van der Waals surface area contributed by atoms with Crippen LogP contribution in [0.25, 0.3) is 0 Å². The molecule has 0 aliphatic rings. The molecule has 2 amide bonds. The number of carbonyl (C=O) groups excluding carboxylic acids is 2. The highest BCUT2D eigenvalue weighted by Crippen LogP contribution is 2.14. The van der Waals surface area contributed by atoms with E-state index in [-0.39, 0.29) is 23.2 Å². The van der Waals surface area contributed by atoms with Crippen molar-refractivity contribution in [2.24, 2.45) is 5.92 Å². The van der Waals surface area contributed by atoms with E-state index in [0.29, 0.717) is 24.0 Å². The summed E-state index contributed by atoms with van der Waals surface area (Å²) in [6.07, 6.45) is 0.893. The third kappa shape index (κ3) is 5.87. The average molecular weight is 360 g/mol. The zero-order chi connectivity index (χ0) is 18.2. The molecule has 1 heterocycles. The fourth-order valence-electron chi connectivity index (χ4n) is 2.16. The Balaban J connectivity index is 1.96. The molecule has 25 heavy (non-hydrogen) atoms. The number of benzene rings is 1. The van der Waals surface area contributed by atoms with Crippen LogP contribution in [0.1, 0.15) is 46.8 Å². The van der Waals surface area contributed by atoms with Crippen LogP contribution in [0.15, 0.2) is 42.5 Å². The minimum absolute atomic E-state index is 0.198. The third-order valence-corrected chi connectivity index (χ3v) is 3.99. The third-order valence-electron chi connectivity index (χ3n) is 3.62. The average Bonchev–Trinajstić information content (AvgIpc) is 2.60. The summed E-state index contributed by atoms with van der Waals surface area (Å²) in [6.45, 7) is 5.06. The summed E-state index contributed by atoms with van der Waals surface area (Å²) in [5.74, 6) is -0.117. The molecule has 1 aromatic carbocycles. The van der Waals surface area contributed by atoms with Crippen molar-refractivity contribution in [3.05, 3.63) is 64.4 Å². The van der Waals surface area contributed by atoms with E-state index >= 15 is 0 Å². The van der Waals surface area contributed by atoms with E-state index in [1.807, 2.05) is 18.2 Å². The van der Waals surface area contributed by atoms with Crippen molar-refractivity contribution in [2.45, 2.75) is 26.8 Å². The topological polar surface area (TPSA) is 71.1 Å². The Labute approximate surface area is 152 Å². The lowest BCUT2D eigenvalue weighted by molar-refractivity contribution is 0.0942. The van der Waals surface area contributed by atoms with Gasteiger partial charge in [-0.3, -0.25) is 9.59 Å². The zero-order valence-electron chi connectivity index (χ0n) is 14.4. The second-order valence-electron chi connectivity index (χ2n) is 6.12. The molecule has 2 rings (SSSR count). The number of pyridine rings is 1. The second-order valence-corrected chi connectivity index (χ2v) is 6.53. The Morgan fingerprint density at radius 1 is 1.00 bits per heavy atom. The summed E-state index contributed by atoms with van der Waals surface area (Å²) < 4.78 is 0. The van der Waals surface area contributed by atoms with Crippen molar-refractivity contribution < 1.29 is 9.59 Å². The minimum Gasteiger partial charge on any atom is -0.351 e. The van der Waals surface area contributed by atoms with Gasteiger partial charge in [-0.1, -0.05) is 49.7 Å². The van der Waals surface area contributed by atoms with Gasteiger partial charge in [-0.15, -0.1) is 0 Å². The monoisotopic (exact) mass is 359 g/mol. The van der Waals surface area contributed by atoms with Gasteiger partial charge in [0.05, 0.1) is 0 Å². The van der Waals surface area contributed by atoms with Gasteiger partial charge in [0, 0.05) is 18.1 Å². The molecular formula is C19H22ClN3O2. The van der Waals surface area contributed by atoms with Gasteiger partial charge in [-0.25, -0.2) is 4.98 Å². The highest BCUT2D eigenvalue weighted by molar-refractivity contribution is 6.31. The lowest BCUT2D eigenvalue weighted by Gasteiger charge is -2.09. The van der Waals surface area contributed by atoms with E-state index in [4.69, 9.17) is 11.6 Å². The van der Waals surface area contributed by atoms with Crippen LogP contribution in [-0.2, 0) is 6.54 Å². The van der Waals surface area contributed by atoms with Crippen LogP contribution in [0.3, 0.4) is 0 Å². The summed E-state index contributed by atoms with van der Waals surface area (Å²) in [6, 6.07) is 12.1. The molecule has 0 radical (unpaired) electrons. The maximum Gasteiger partial charge on any atom is 0.270 e. The van der Waals surface area contributed by atoms with Gasteiger partial charge in [-0.2, -0.15) is 0 Å². The van der Waals surface area contributed by atoms with E-state index < -0.39 is 0 Å². The smallest absolute Gasteiger partial charge is 0.270 e. The molecule has 2 aromatic rings. The van der Waals surface area contributed by atoms with E-state index in [9.17, 15) is 9.59 Å². The van der Waals surface area contributed by atoms with Crippen molar-refractivity contribution in [1.82, 2.24) is 15.6 Å². The number of amides is 2. The van der Waals surface area contributed by atoms with Crippen molar-refractivity contribution >= 4 is 23.4 Å². The molecule has 0 bridgehead atoms. The van der Waals surface area contributed by atoms with Crippen molar-refractivity contribution in [3.8, 4) is 0 Å².